The molecule has 0 amide bonds. The maximum Gasteiger partial charge on any atom is 0.158 e. The summed E-state index contributed by atoms with van der Waals surface area (Å²) in [5.41, 5.74) is 1.94. The second-order valence-corrected chi connectivity index (χ2v) is 4.04. The Hall–Kier alpha value is -1.57. The molecule has 0 saturated heterocycles. The highest BCUT2D eigenvalue weighted by Gasteiger charge is 2.15. The molecule has 2 nitrogen and oxygen atoms in total. The molecule has 0 radical (unpaired) electrons. The molecule has 0 atom stereocenters. The number of carbonyl (C=O) groups is 1. The fraction of sp³-hybridized carbons (Fsp3) is 0.357. The van der Waals surface area contributed by atoms with E-state index in [2.05, 4.69) is 0 Å². The second-order valence-electron chi connectivity index (χ2n) is 4.04. The summed E-state index contributed by atoms with van der Waals surface area (Å²) in [5.74, 6) is 1.12. The quantitative estimate of drug-likeness (QED) is 0.709. The van der Waals surface area contributed by atoms with Gasteiger partial charge in [0.25, 0.3) is 0 Å². The monoisotopic (exact) mass is 216 g/mol. The number of carbonyl (C=O) groups excluding carboxylic acids is 1. The average molecular weight is 216 g/mol. The lowest BCUT2D eigenvalue weighted by Gasteiger charge is -2.13. The number of para-hydroxylation sites is 1. The molecule has 0 unspecified atom stereocenters. The highest BCUT2D eigenvalue weighted by atomic mass is 16.5. The Morgan fingerprint density at radius 2 is 1.94 bits per heavy atom. The summed E-state index contributed by atoms with van der Waals surface area (Å²) in [7, 11) is 1.65. The van der Waals surface area contributed by atoms with Crippen molar-refractivity contribution in [1.29, 1.82) is 0 Å². The third-order valence-corrected chi connectivity index (χ3v) is 2.93. The molecule has 1 aromatic carbocycles. The van der Waals surface area contributed by atoms with Gasteiger partial charge in [0.05, 0.1) is 7.11 Å². The van der Waals surface area contributed by atoms with Gasteiger partial charge in [0.15, 0.2) is 5.78 Å². The first kappa shape index (κ1) is 10.9. The number of rotatable bonds is 2. The number of methoxy groups -OCH3 is 1. The van der Waals surface area contributed by atoms with Crippen LogP contribution in [0.25, 0.3) is 6.08 Å². The third-order valence-electron chi connectivity index (χ3n) is 2.93. The van der Waals surface area contributed by atoms with E-state index < -0.39 is 0 Å². The minimum atomic E-state index is 0.289. The predicted octanol–water partition coefficient (Wildman–Crippen LogP) is 3.22. The van der Waals surface area contributed by atoms with E-state index in [-0.39, 0.29) is 5.78 Å². The molecule has 0 spiro atoms. The lowest BCUT2D eigenvalue weighted by Crippen LogP contribution is -2.08. The van der Waals surface area contributed by atoms with Crippen molar-refractivity contribution in [2.75, 3.05) is 7.11 Å². The first-order valence-corrected chi connectivity index (χ1v) is 5.68. The minimum Gasteiger partial charge on any atom is -0.496 e. The molecular formula is C14H16O2. The molecule has 16 heavy (non-hydrogen) atoms. The summed E-state index contributed by atoms with van der Waals surface area (Å²) in [4.78, 5) is 11.7. The van der Waals surface area contributed by atoms with Gasteiger partial charge in [0.1, 0.15) is 5.75 Å². The first-order chi connectivity index (χ1) is 7.81. The Morgan fingerprint density at radius 1 is 1.19 bits per heavy atom. The maximum atomic E-state index is 11.7. The van der Waals surface area contributed by atoms with Gasteiger partial charge in [-0.2, -0.15) is 0 Å². The smallest absolute Gasteiger partial charge is 0.158 e. The Kier molecular flexibility index (Phi) is 3.40. The molecule has 2 heteroatoms. The number of Topliss-reactive ketones (excluding diaryl/α,β-unsaturated/α-hetero) is 1. The van der Waals surface area contributed by atoms with Crippen LogP contribution in [-0.4, -0.2) is 12.9 Å². The van der Waals surface area contributed by atoms with Crippen LogP contribution < -0.4 is 4.74 Å². The topological polar surface area (TPSA) is 26.3 Å². The van der Waals surface area contributed by atoms with Crippen LogP contribution in [0.1, 0.15) is 31.2 Å². The lowest BCUT2D eigenvalue weighted by atomic mass is 9.92. The van der Waals surface area contributed by atoms with E-state index in [0.717, 1.165) is 36.1 Å². The van der Waals surface area contributed by atoms with Gasteiger partial charge in [-0.05, 0) is 37.0 Å². The van der Waals surface area contributed by atoms with Gasteiger partial charge in [0, 0.05) is 12.0 Å². The molecule has 0 aliphatic heterocycles. The van der Waals surface area contributed by atoms with Crippen molar-refractivity contribution in [3.8, 4) is 5.75 Å². The highest BCUT2D eigenvalue weighted by Crippen LogP contribution is 2.26. The maximum absolute atomic E-state index is 11.7. The number of ketones is 1. The van der Waals surface area contributed by atoms with E-state index in [4.69, 9.17) is 4.74 Å². The van der Waals surface area contributed by atoms with Gasteiger partial charge >= 0.3 is 0 Å². The second kappa shape index (κ2) is 4.97. The number of hydrogen-bond acceptors (Lipinski definition) is 2. The third kappa shape index (κ3) is 2.32. The van der Waals surface area contributed by atoms with Crippen LogP contribution in [0.5, 0.6) is 5.75 Å². The van der Waals surface area contributed by atoms with Gasteiger partial charge in [-0.1, -0.05) is 18.2 Å². The summed E-state index contributed by atoms with van der Waals surface area (Å²) in [6.45, 7) is 0. The molecule has 1 aliphatic carbocycles. The molecule has 1 saturated carbocycles. The lowest BCUT2D eigenvalue weighted by molar-refractivity contribution is -0.116. The van der Waals surface area contributed by atoms with E-state index in [1.807, 2.05) is 30.3 Å². The highest BCUT2D eigenvalue weighted by molar-refractivity contribution is 6.00. The van der Waals surface area contributed by atoms with Crippen LogP contribution in [0.2, 0.25) is 0 Å². The fourth-order valence-corrected chi connectivity index (χ4v) is 2.03. The van der Waals surface area contributed by atoms with Crippen LogP contribution >= 0.6 is 0 Å². The predicted molar refractivity (Wildman–Crippen MR) is 64.4 cm³/mol. The van der Waals surface area contributed by atoms with Crippen molar-refractivity contribution in [3.05, 3.63) is 35.4 Å². The number of hydrogen-bond donors (Lipinski definition) is 0. The fourth-order valence-electron chi connectivity index (χ4n) is 2.03. The largest absolute Gasteiger partial charge is 0.496 e. The number of ether oxygens (including phenoxy) is 1. The van der Waals surface area contributed by atoms with Crippen LogP contribution in [0.3, 0.4) is 0 Å². The summed E-state index contributed by atoms with van der Waals surface area (Å²) in [6, 6.07) is 7.79. The van der Waals surface area contributed by atoms with E-state index in [0.29, 0.717) is 6.42 Å². The Morgan fingerprint density at radius 3 is 2.69 bits per heavy atom. The molecule has 0 N–H and O–H groups in total. The minimum absolute atomic E-state index is 0.289. The zero-order chi connectivity index (χ0) is 11.4. The van der Waals surface area contributed by atoms with E-state index in [1.165, 1.54) is 0 Å². The molecule has 0 aromatic heterocycles. The van der Waals surface area contributed by atoms with E-state index in [1.54, 1.807) is 7.11 Å². The summed E-state index contributed by atoms with van der Waals surface area (Å²) >= 11 is 0. The van der Waals surface area contributed by atoms with Crippen LogP contribution in [0, 0.1) is 0 Å². The van der Waals surface area contributed by atoms with Gasteiger partial charge in [-0.15, -0.1) is 0 Å². The number of benzene rings is 1. The van der Waals surface area contributed by atoms with Crippen molar-refractivity contribution in [3.63, 3.8) is 0 Å². The molecule has 1 aromatic rings. The SMILES string of the molecule is COc1ccccc1/C=C1/CCCCC1=O. The summed E-state index contributed by atoms with van der Waals surface area (Å²) in [6.07, 6.45) is 5.72. The van der Waals surface area contributed by atoms with Gasteiger partial charge in [0.2, 0.25) is 0 Å². The molecular weight excluding hydrogens is 200 g/mol. The molecule has 2 rings (SSSR count). The molecule has 84 valence electrons. The van der Waals surface area contributed by atoms with Gasteiger partial charge in [-0.25, -0.2) is 0 Å². The Balaban J connectivity index is 2.30. The first-order valence-electron chi connectivity index (χ1n) is 5.68. The van der Waals surface area contributed by atoms with Crippen LogP contribution in [-0.2, 0) is 4.79 Å². The Bertz CT molecular complexity index is 418. The van der Waals surface area contributed by atoms with E-state index >= 15 is 0 Å². The van der Waals surface area contributed by atoms with Crippen molar-refractivity contribution >= 4 is 11.9 Å². The van der Waals surface area contributed by atoms with Crippen molar-refractivity contribution in [1.82, 2.24) is 0 Å². The van der Waals surface area contributed by atoms with Crippen LogP contribution in [0.4, 0.5) is 0 Å². The molecule has 1 aliphatic rings. The van der Waals surface area contributed by atoms with Crippen molar-refractivity contribution in [2.45, 2.75) is 25.7 Å². The average Bonchev–Trinajstić information content (AvgIpc) is 2.33. The summed E-state index contributed by atoms with van der Waals surface area (Å²) in [5, 5.41) is 0. The summed E-state index contributed by atoms with van der Waals surface area (Å²) < 4.78 is 5.27. The van der Waals surface area contributed by atoms with Crippen LogP contribution in [0.15, 0.2) is 29.8 Å². The van der Waals surface area contributed by atoms with Crippen molar-refractivity contribution in [2.24, 2.45) is 0 Å². The number of allylic oxidation sites excluding steroid dienone is 1. The Labute approximate surface area is 95.9 Å². The van der Waals surface area contributed by atoms with E-state index in [9.17, 15) is 4.79 Å². The molecule has 1 fully saturated rings. The van der Waals surface area contributed by atoms with Gasteiger partial charge in [-0.3, -0.25) is 4.79 Å². The zero-order valence-electron chi connectivity index (χ0n) is 9.53. The molecule has 0 bridgehead atoms. The van der Waals surface area contributed by atoms with Crippen molar-refractivity contribution < 1.29 is 9.53 Å². The molecule has 0 heterocycles. The zero-order valence-corrected chi connectivity index (χ0v) is 9.53. The normalized spacial score (nSPS) is 18.8. The van der Waals surface area contributed by atoms with Gasteiger partial charge < -0.3 is 4.74 Å². The standard InChI is InChI=1S/C14H16O2/c1-16-14-9-5-3-7-12(14)10-11-6-2-4-8-13(11)15/h3,5,7,9-10H,2,4,6,8H2,1H3/b11-10-.